The number of nitrogen functional groups attached to an aromatic ring is 1. The molecular weight excluding hydrogens is 234 g/mol. The van der Waals surface area contributed by atoms with E-state index in [1.54, 1.807) is 11.8 Å². The highest BCUT2D eigenvalue weighted by Gasteiger charge is 2.15. The molecular formula is C12H21N3OS. The Kier molecular flexibility index (Phi) is 4.25. The Labute approximate surface area is 106 Å². The number of anilines is 1. The minimum atomic E-state index is -0.114. The molecule has 0 saturated heterocycles. The normalized spacial score (nSPS) is 12.1. The average molecular weight is 255 g/mol. The van der Waals surface area contributed by atoms with Gasteiger partial charge in [0.05, 0.1) is 11.3 Å². The number of aromatic nitrogens is 2. The molecule has 1 aromatic rings. The van der Waals surface area contributed by atoms with E-state index in [1.165, 1.54) is 0 Å². The van der Waals surface area contributed by atoms with Crippen molar-refractivity contribution in [2.24, 2.45) is 0 Å². The van der Waals surface area contributed by atoms with Crippen LogP contribution in [-0.4, -0.2) is 14.7 Å². The van der Waals surface area contributed by atoms with Gasteiger partial charge < -0.3 is 10.7 Å². The van der Waals surface area contributed by atoms with Crippen molar-refractivity contribution in [3.63, 3.8) is 0 Å². The van der Waals surface area contributed by atoms with Gasteiger partial charge >= 0.3 is 0 Å². The maximum atomic E-state index is 11.8. The van der Waals surface area contributed by atoms with Gasteiger partial charge in [-0.25, -0.2) is 4.98 Å². The van der Waals surface area contributed by atoms with Gasteiger partial charge in [-0.15, -0.1) is 11.8 Å². The third-order valence-corrected chi connectivity index (χ3v) is 3.54. The summed E-state index contributed by atoms with van der Waals surface area (Å²) in [4.78, 5) is 18.9. The number of aromatic amines is 1. The van der Waals surface area contributed by atoms with Crippen molar-refractivity contribution >= 4 is 17.6 Å². The number of nitrogens with one attached hydrogen (secondary N) is 1. The van der Waals surface area contributed by atoms with Gasteiger partial charge in [0.2, 0.25) is 0 Å². The van der Waals surface area contributed by atoms with Crippen LogP contribution in [0.5, 0.6) is 0 Å². The molecule has 0 bridgehead atoms. The Morgan fingerprint density at radius 1 is 1.41 bits per heavy atom. The maximum Gasteiger partial charge on any atom is 0.256 e. The average Bonchev–Trinajstić information content (AvgIpc) is 2.11. The third-order valence-electron chi connectivity index (χ3n) is 2.25. The lowest BCUT2D eigenvalue weighted by molar-refractivity contribution is 0.796. The molecule has 5 heteroatoms. The summed E-state index contributed by atoms with van der Waals surface area (Å²) >= 11 is 1.73. The van der Waals surface area contributed by atoms with Crippen LogP contribution in [0.1, 0.15) is 51.9 Å². The van der Waals surface area contributed by atoms with Crippen LogP contribution in [-0.2, 0) is 5.75 Å². The summed E-state index contributed by atoms with van der Waals surface area (Å²) in [6, 6.07) is 0. The predicted molar refractivity (Wildman–Crippen MR) is 74.4 cm³/mol. The molecule has 3 N–H and O–H groups in total. The molecule has 96 valence electrons. The highest BCUT2D eigenvalue weighted by molar-refractivity contribution is 7.99. The first-order valence-corrected chi connectivity index (χ1v) is 6.72. The van der Waals surface area contributed by atoms with E-state index in [2.05, 4.69) is 30.7 Å². The van der Waals surface area contributed by atoms with Crippen molar-refractivity contribution in [1.82, 2.24) is 9.97 Å². The second-order valence-corrected chi connectivity index (χ2v) is 7.17. The second-order valence-electron chi connectivity index (χ2n) is 5.37. The Bertz CT molecular complexity index is 446. The van der Waals surface area contributed by atoms with Crippen molar-refractivity contribution in [2.45, 2.75) is 51.0 Å². The van der Waals surface area contributed by atoms with Crippen LogP contribution in [0.4, 0.5) is 5.82 Å². The van der Waals surface area contributed by atoms with Crippen LogP contribution in [0.15, 0.2) is 4.79 Å². The Hall–Kier alpha value is -0.970. The fraction of sp³-hybridized carbons (Fsp3) is 0.667. The highest BCUT2D eigenvalue weighted by Crippen LogP contribution is 2.26. The van der Waals surface area contributed by atoms with Gasteiger partial charge in [-0.1, -0.05) is 34.6 Å². The van der Waals surface area contributed by atoms with Gasteiger partial charge in [0.15, 0.2) is 0 Å². The Balaban J connectivity index is 2.96. The molecule has 1 aromatic heterocycles. The van der Waals surface area contributed by atoms with Crippen LogP contribution in [0.2, 0.25) is 0 Å². The molecule has 0 aliphatic heterocycles. The van der Waals surface area contributed by atoms with E-state index in [9.17, 15) is 4.79 Å². The highest BCUT2D eigenvalue weighted by atomic mass is 32.2. The molecule has 0 unspecified atom stereocenters. The smallest absolute Gasteiger partial charge is 0.256 e. The monoisotopic (exact) mass is 255 g/mol. The van der Waals surface area contributed by atoms with Gasteiger partial charge in [-0.2, -0.15) is 0 Å². The molecule has 0 atom stereocenters. The van der Waals surface area contributed by atoms with E-state index in [1.807, 2.05) is 13.8 Å². The SMILES string of the molecule is CC(C)c1c(N)nc(CSC(C)(C)C)[nH]c1=O. The first-order valence-electron chi connectivity index (χ1n) is 5.73. The third kappa shape index (κ3) is 4.07. The molecule has 1 rings (SSSR count). The molecule has 0 radical (unpaired) electrons. The molecule has 4 nitrogen and oxygen atoms in total. The second kappa shape index (κ2) is 5.12. The molecule has 0 aliphatic rings. The van der Waals surface area contributed by atoms with Crippen LogP contribution in [0.3, 0.4) is 0 Å². The minimum absolute atomic E-state index is 0.0931. The van der Waals surface area contributed by atoms with Gasteiger partial charge in [0.1, 0.15) is 11.6 Å². The summed E-state index contributed by atoms with van der Waals surface area (Å²) in [6.07, 6.45) is 0. The Morgan fingerprint density at radius 2 is 2.00 bits per heavy atom. The zero-order valence-corrected chi connectivity index (χ0v) is 11.9. The summed E-state index contributed by atoms with van der Waals surface area (Å²) in [5.41, 5.74) is 6.29. The van der Waals surface area contributed by atoms with Crippen LogP contribution in [0.25, 0.3) is 0 Å². The van der Waals surface area contributed by atoms with Gasteiger partial charge in [0.25, 0.3) is 5.56 Å². The summed E-state index contributed by atoms with van der Waals surface area (Å²) in [7, 11) is 0. The van der Waals surface area contributed by atoms with Crippen LogP contribution >= 0.6 is 11.8 Å². The molecule has 0 fully saturated rings. The molecule has 0 amide bonds. The van der Waals surface area contributed by atoms with Gasteiger partial charge in [0, 0.05) is 4.75 Å². The molecule has 17 heavy (non-hydrogen) atoms. The fourth-order valence-electron chi connectivity index (χ4n) is 1.46. The maximum absolute atomic E-state index is 11.8. The number of hydrogen-bond donors (Lipinski definition) is 2. The lowest BCUT2D eigenvalue weighted by atomic mass is 10.1. The lowest BCUT2D eigenvalue weighted by Gasteiger charge is -2.17. The number of H-pyrrole nitrogens is 1. The van der Waals surface area contributed by atoms with Crippen molar-refractivity contribution in [3.8, 4) is 0 Å². The number of nitrogens with zero attached hydrogens (tertiary/aromatic N) is 1. The quantitative estimate of drug-likeness (QED) is 0.870. The molecule has 0 aromatic carbocycles. The number of nitrogens with two attached hydrogens (primary N) is 1. The van der Waals surface area contributed by atoms with E-state index in [4.69, 9.17) is 5.73 Å². The van der Waals surface area contributed by atoms with Crippen LogP contribution in [0, 0.1) is 0 Å². The molecule has 0 spiro atoms. The topological polar surface area (TPSA) is 71.8 Å². The minimum Gasteiger partial charge on any atom is -0.383 e. The van der Waals surface area contributed by atoms with E-state index in [-0.39, 0.29) is 16.2 Å². The summed E-state index contributed by atoms with van der Waals surface area (Å²) in [6.45, 7) is 10.3. The van der Waals surface area contributed by atoms with Gasteiger partial charge in [-0.05, 0) is 5.92 Å². The number of rotatable bonds is 3. The largest absolute Gasteiger partial charge is 0.383 e. The summed E-state index contributed by atoms with van der Waals surface area (Å²) in [5.74, 6) is 1.77. The fourth-order valence-corrected chi connectivity index (χ4v) is 2.17. The molecule has 0 saturated carbocycles. The van der Waals surface area contributed by atoms with E-state index < -0.39 is 0 Å². The molecule has 1 heterocycles. The zero-order chi connectivity index (χ0) is 13.2. The molecule has 0 aliphatic carbocycles. The lowest BCUT2D eigenvalue weighted by Crippen LogP contribution is -2.21. The van der Waals surface area contributed by atoms with Gasteiger partial charge in [-0.3, -0.25) is 4.79 Å². The zero-order valence-electron chi connectivity index (χ0n) is 11.1. The first-order chi connectivity index (χ1) is 7.70. The first kappa shape index (κ1) is 14.1. The van der Waals surface area contributed by atoms with Crippen molar-refractivity contribution in [3.05, 3.63) is 21.7 Å². The van der Waals surface area contributed by atoms with E-state index in [0.717, 1.165) is 0 Å². The van der Waals surface area contributed by atoms with Crippen LogP contribution < -0.4 is 11.3 Å². The summed E-state index contributed by atoms with van der Waals surface area (Å²) < 4.78 is 0.143. The van der Waals surface area contributed by atoms with E-state index >= 15 is 0 Å². The Morgan fingerprint density at radius 3 is 2.41 bits per heavy atom. The standard InChI is InChI=1S/C12H21N3OS/c1-7(2)9-10(13)14-8(15-11(9)16)6-17-12(3,4)5/h7H,6H2,1-5H3,(H3,13,14,15,16). The summed E-state index contributed by atoms with van der Waals surface area (Å²) in [5, 5.41) is 0. The van der Waals surface area contributed by atoms with Crippen molar-refractivity contribution in [1.29, 1.82) is 0 Å². The van der Waals surface area contributed by atoms with Crippen molar-refractivity contribution in [2.75, 3.05) is 5.73 Å². The van der Waals surface area contributed by atoms with Crippen molar-refractivity contribution < 1.29 is 0 Å². The van der Waals surface area contributed by atoms with E-state index in [0.29, 0.717) is 23.0 Å². The predicted octanol–water partition coefficient (Wildman–Crippen LogP) is 2.51. The number of thioether (sulfide) groups is 1. The number of hydrogen-bond acceptors (Lipinski definition) is 4.